The Morgan fingerprint density at radius 1 is 0.867 bits per heavy atom. The molecule has 1 unspecified atom stereocenters. The van der Waals surface area contributed by atoms with Crippen molar-refractivity contribution < 1.29 is 17.7 Å². The smallest absolute Gasteiger partial charge is 0.166 e. The zero-order valence-corrected chi connectivity index (χ0v) is 17.6. The summed E-state index contributed by atoms with van der Waals surface area (Å²) in [7, 11) is -0.480. The molecule has 0 radical (unpaired) electrons. The molecule has 0 amide bonds. The molecule has 0 heterocycles. The number of fused-ring (bicyclic) bond motifs is 2. The Kier molecular flexibility index (Phi) is 5.54. The highest BCUT2D eigenvalue weighted by molar-refractivity contribution is 7.83. The summed E-state index contributed by atoms with van der Waals surface area (Å²) >= 11 is 0. The number of ether oxygens (including phenoxy) is 1. The highest BCUT2D eigenvalue weighted by atomic mass is 32.2. The standard InChI is InChI=1S/C24H21F2NO2S/c1-14(2)27-30(28)24-20(26)13-16-9-5-7-11-18(16)22(24)21-17-10-6-4-8-15(17)12-19(25)23(21)29-3/h4-14,27H,1-3H3. The van der Waals surface area contributed by atoms with Crippen LogP contribution in [0, 0.1) is 11.6 Å². The van der Waals surface area contributed by atoms with Crippen LogP contribution in [0.15, 0.2) is 65.6 Å². The second kappa shape index (κ2) is 8.13. The SMILES string of the molecule is COc1c(F)cc2ccccc2c1-c1c(S(=O)NC(C)C)c(F)cc2ccccc12. The molecule has 0 aliphatic carbocycles. The van der Waals surface area contributed by atoms with E-state index in [9.17, 15) is 8.60 Å². The Balaban J connectivity index is 2.22. The lowest BCUT2D eigenvalue weighted by atomic mass is 9.92. The second-order valence-electron chi connectivity index (χ2n) is 7.31. The van der Waals surface area contributed by atoms with E-state index in [0.29, 0.717) is 32.7 Å². The number of halogens is 2. The summed E-state index contributed by atoms with van der Waals surface area (Å²) in [6, 6.07) is 17.1. The molecule has 0 fully saturated rings. The summed E-state index contributed by atoms with van der Waals surface area (Å²) in [5, 5.41) is 2.63. The van der Waals surface area contributed by atoms with Crippen LogP contribution in [0.4, 0.5) is 8.78 Å². The Morgan fingerprint density at radius 3 is 1.97 bits per heavy atom. The van der Waals surface area contributed by atoms with E-state index in [-0.39, 0.29) is 16.7 Å². The molecule has 1 N–H and O–H groups in total. The molecule has 0 aliphatic heterocycles. The molecular formula is C24H21F2NO2S. The second-order valence-corrected chi connectivity index (χ2v) is 8.49. The van der Waals surface area contributed by atoms with E-state index in [2.05, 4.69) is 4.72 Å². The number of rotatable bonds is 5. The van der Waals surface area contributed by atoms with Gasteiger partial charge in [-0.1, -0.05) is 48.5 Å². The fraction of sp³-hybridized carbons (Fsp3) is 0.167. The molecule has 1 atom stereocenters. The van der Waals surface area contributed by atoms with E-state index in [4.69, 9.17) is 4.74 Å². The van der Waals surface area contributed by atoms with Crippen LogP contribution in [-0.4, -0.2) is 17.4 Å². The zero-order chi connectivity index (χ0) is 21.4. The van der Waals surface area contributed by atoms with Crippen LogP contribution in [0.1, 0.15) is 13.8 Å². The number of benzene rings is 4. The molecule has 4 aromatic rings. The Labute approximate surface area is 176 Å². The van der Waals surface area contributed by atoms with Crippen LogP contribution in [0.5, 0.6) is 5.75 Å². The normalized spacial score (nSPS) is 12.6. The number of methoxy groups -OCH3 is 1. The van der Waals surface area contributed by atoms with Crippen LogP contribution < -0.4 is 9.46 Å². The maximum atomic E-state index is 15.3. The fourth-order valence-corrected chi connectivity index (χ4v) is 4.92. The molecule has 0 saturated heterocycles. The maximum absolute atomic E-state index is 15.3. The lowest BCUT2D eigenvalue weighted by molar-refractivity contribution is 0.389. The molecule has 6 heteroatoms. The van der Waals surface area contributed by atoms with E-state index in [0.717, 1.165) is 0 Å². The molecule has 0 bridgehead atoms. The van der Waals surface area contributed by atoms with Gasteiger partial charge in [-0.3, -0.25) is 0 Å². The molecule has 0 aromatic heterocycles. The van der Waals surface area contributed by atoms with Gasteiger partial charge in [-0.05, 0) is 47.5 Å². The third kappa shape index (κ3) is 3.46. The lowest BCUT2D eigenvalue weighted by Gasteiger charge is -2.20. The van der Waals surface area contributed by atoms with Crippen molar-refractivity contribution in [2.75, 3.05) is 7.11 Å². The highest BCUT2D eigenvalue weighted by Gasteiger charge is 2.26. The first-order valence-electron chi connectivity index (χ1n) is 9.57. The van der Waals surface area contributed by atoms with Crippen molar-refractivity contribution in [3.8, 4) is 16.9 Å². The molecule has 0 spiro atoms. The molecule has 3 nitrogen and oxygen atoms in total. The van der Waals surface area contributed by atoms with Crippen molar-refractivity contribution >= 4 is 32.5 Å². The average molecular weight is 426 g/mol. The monoisotopic (exact) mass is 425 g/mol. The van der Waals surface area contributed by atoms with Gasteiger partial charge in [0.15, 0.2) is 11.6 Å². The van der Waals surface area contributed by atoms with Gasteiger partial charge < -0.3 is 4.74 Å². The molecule has 30 heavy (non-hydrogen) atoms. The third-order valence-electron chi connectivity index (χ3n) is 4.89. The predicted octanol–water partition coefficient (Wildman–Crippen LogP) is 5.97. The first-order chi connectivity index (χ1) is 14.4. The molecular weight excluding hydrogens is 404 g/mol. The minimum atomic E-state index is -1.86. The Hall–Kier alpha value is -2.83. The molecule has 0 saturated carbocycles. The molecule has 4 rings (SSSR count). The van der Waals surface area contributed by atoms with Crippen LogP contribution in [0.3, 0.4) is 0 Å². The summed E-state index contributed by atoms with van der Waals surface area (Å²) in [4.78, 5) is -0.0172. The van der Waals surface area contributed by atoms with Gasteiger partial charge in [-0.25, -0.2) is 17.7 Å². The summed E-state index contributed by atoms with van der Waals surface area (Å²) < 4.78 is 51.8. The quantitative estimate of drug-likeness (QED) is 0.428. The molecule has 154 valence electrons. The first kappa shape index (κ1) is 20.4. The lowest BCUT2D eigenvalue weighted by Crippen LogP contribution is -2.26. The largest absolute Gasteiger partial charge is 0.493 e. The van der Waals surface area contributed by atoms with E-state index in [1.165, 1.54) is 19.2 Å². The van der Waals surface area contributed by atoms with Gasteiger partial charge in [0.2, 0.25) is 0 Å². The van der Waals surface area contributed by atoms with Gasteiger partial charge in [0.1, 0.15) is 16.8 Å². The van der Waals surface area contributed by atoms with Gasteiger partial charge >= 0.3 is 0 Å². The van der Waals surface area contributed by atoms with Crippen LogP contribution >= 0.6 is 0 Å². The van der Waals surface area contributed by atoms with Gasteiger partial charge in [-0.15, -0.1) is 0 Å². The van der Waals surface area contributed by atoms with E-state index < -0.39 is 22.6 Å². The zero-order valence-electron chi connectivity index (χ0n) is 16.8. The van der Waals surface area contributed by atoms with Crippen LogP contribution in [-0.2, 0) is 11.0 Å². The summed E-state index contributed by atoms with van der Waals surface area (Å²) in [6.07, 6.45) is 0. The van der Waals surface area contributed by atoms with Gasteiger partial charge in [-0.2, -0.15) is 0 Å². The molecule has 4 aromatic carbocycles. The number of nitrogens with one attached hydrogen (secondary N) is 1. The minimum Gasteiger partial charge on any atom is -0.493 e. The van der Waals surface area contributed by atoms with Gasteiger partial charge in [0.05, 0.1) is 12.0 Å². The van der Waals surface area contributed by atoms with Gasteiger partial charge in [0, 0.05) is 17.2 Å². The van der Waals surface area contributed by atoms with Crippen LogP contribution in [0.25, 0.3) is 32.7 Å². The number of hydrogen-bond donors (Lipinski definition) is 1. The predicted molar refractivity (Wildman–Crippen MR) is 118 cm³/mol. The highest BCUT2D eigenvalue weighted by Crippen LogP contribution is 2.45. The average Bonchev–Trinajstić information content (AvgIpc) is 2.71. The Morgan fingerprint density at radius 2 is 1.40 bits per heavy atom. The first-order valence-corrected chi connectivity index (χ1v) is 10.7. The molecule has 0 aliphatic rings. The van der Waals surface area contributed by atoms with E-state index >= 15 is 4.39 Å². The summed E-state index contributed by atoms with van der Waals surface area (Å²) in [5.74, 6) is -1.19. The summed E-state index contributed by atoms with van der Waals surface area (Å²) in [6.45, 7) is 3.66. The third-order valence-corrected chi connectivity index (χ3v) is 6.35. The van der Waals surface area contributed by atoms with Gasteiger partial charge in [0.25, 0.3) is 0 Å². The Bertz CT molecular complexity index is 1290. The summed E-state index contributed by atoms with van der Waals surface area (Å²) in [5.41, 5.74) is 0.752. The maximum Gasteiger partial charge on any atom is 0.166 e. The van der Waals surface area contributed by atoms with Crippen molar-refractivity contribution in [3.63, 3.8) is 0 Å². The number of hydrogen-bond acceptors (Lipinski definition) is 2. The van der Waals surface area contributed by atoms with Crippen molar-refractivity contribution in [1.29, 1.82) is 0 Å². The minimum absolute atomic E-state index is 0.00718. The topological polar surface area (TPSA) is 38.3 Å². The van der Waals surface area contributed by atoms with Crippen molar-refractivity contribution in [3.05, 3.63) is 72.3 Å². The fourth-order valence-electron chi connectivity index (χ4n) is 3.74. The van der Waals surface area contributed by atoms with Crippen molar-refractivity contribution in [1.82, 2.24) is 4.72 Å². The van der Waals surface area contributed by atoms with Crippen molar-refractivity contribution in [2.24, 2.45) is 0 Å². The van der Waals surface area contributed by atoms with E-state index in [1.807, 2.05) is 38.1 Å². The van der Waals surface area contributed by atoms with E-state index in [1.54, 1.807) is 24.3 Å². The van der Waals surface area contributed by atoms with Crippen LogP contribution in [0.2, 0.25) is 0 Å². The van der Waals surface area contributed by atoms with Crippen molar-refractivity contribution in [2.45, 2.75) is 24.8 Å².